The zero-order valence-corrected chi connectivity index (χ0v) is 29.8. The Hall–Kier alpha value is -6.50. The fourth-order valence-corrected chi connectivity index (χ4v) is 9.45. The van der Waals surface area contributed by atoms with Crippen molar-refractivity contribution in [2.75, 3.05) is 0 Å². The van der Waals surface area contributed by atoms with Crippen LogP contribution in [0.25, 0.3) is 98.4 Å². The molecule has 0 nitrogen and oxygen atoms in total. The van der Waals surface area contributed by atoms with Crippen molar-refractivity contribution in [2.45, 2.75) is 19.3 Å². The van der Waals surface area contributed by atoms with E-state index in [1.807, 2.05) is 0 Å². The molecule has 0 aromatic heterocycles. The van der Waals surface area contributed by atoms with E-state index in [-0.39, 0.29) is 5.41 Å². The van der Waals surface area contributed by atoms with Crippen LogP contribution in [0, 0.1) is 0 Å². The molecule has 248 valence electrons. The number of hydrogen-bond acceptors (Lipinski definition) is 0. The highest BCUT2D eigenvalue weighted by Crippen LogP contribution is 2.52. The summed E-state index contributed by atoms with van der Waals surface area (Å²) < 4.78 is 0. The second-order valence-electron chi connectivity index (χ2n) is 15.2. The van der Waals surface area contributed by atoms with Gasteiger partial charge in [0.25, 0.3) is 0 Å². The summed E-state index contributed by atoms with van der Waals surface area (Å²) in [5, 5.41) is 12.9. The minimum atomic E-state index is -0.162. The van der Waals surface area contributed by atoms with Gasteiger partial charge in [-0.05, 0) is 128 Å². The standard InChI is InChI=1S/C53H36/c1-53(2)49-31-36(40-20-11-21-41-39-15-6-5-13-34(39)24-27-42(40)41)25-28-43(49)44-29-26-38(32-50(44)53)52-47-18-9-7-16-45(47)51(46-17-8-10-19-48(46)52)37-23-22-33-12-3-4-14-35(33)30-37/h3-32H,1-2H3. The first kappa shape index (κ1) is 30.2. The van der Waals surface area contributed by atoms with Crippen molar-refractivity contribution in [1.82, 2.24) is 0 Å². The number of rotatable bonds is 3. The Morgan fingerprint density at radius 2 is 0.755 bits per heavy atom. The summed E-state index contributed by atoms with van der Waals surface area (Å²) in [6.45, 7) is 4.81. The van der Waals surface area contributed by atoms with Gasteiger partial charge in [-0.2, -0.15) is 0 Å². The largest absolute Gasteiger partial charge is 0.0616 e. The van der Waals surface area contributed by atoms with Crippen molar-refractivity contribution in [2.24, 2.45) is 0 Å². The Bertz CT molecular complexity index is 3080. The maximum Gasteiger partial charge on any atom is 0.0159 e. The molecule has 1 aliphatic carbocycles. The fourth-order valence-electron chi connectivity index (χ4n) is 9.45. The van der Waals surface area contributed by atoms with E-state index in [0.717, 1.165) is 0 Å². The van der Waals surface area contributed by atoms with Crippen molar-refractivity contribution in [3.05, 3.63) is 193 Å². The van der Waals surface area contributed by atoms with Crippen LogP contribution in [-0.4, -0.2) is 0 Å². The highest BCUT2D eigenvalue weighted by Gasteiger charge is 2.36. The van der Waals surface area contributed by atoms with Crippen LogP contribution < -0.4 is 0 Å². The molecular formula is C53H36. The van der Waals surface area contributed by atoms with Crippen LogP contribution in [0.1, 0.15) is 25.0 Å². The summed E-state index contributed by atoms with van der Waals surface area (Å²) in [5.41, 5.74) is 13.0. The first-order valence-corrected chi connectivity index (χ1v) is 18.7. The number of benzene rings is 10. The Kier molecular flexibility index (Phi) is 6.40. The minimum Gasteiger partial charge on any atom is -0.0616 e. The zero-order chi connectivity index (χ0) is 35.3. The molecule has 0 amide bonds. The summed E-state index contributed by atoms with van der Waals surface area (Å²) in [4.78, 5) is 0. The van der Waals surface area contributed by atoms with E-state index in [4.69, 9.17) is 0 Å². The SMILES string of the molecule is CC1(C)c2cc(-c3c4ccccc4c(-c4ccc5ccccc5c4)c4ccccc34)ccc2-c2ccc(-c3cccc4c3ccc3ccccc34)cc21. The van der Waals surface area contributed by atoms with Gasteiger partial charge in [-0.3, -0.25) is 0 Å². The molecule has 0 saturated heterocycles. The van der Waals surface area contributed by atoms with Crippen molar-refractivity contribution in [3.8, 4) is 44.5 Å². The molecule has 0 N–H and O–H groups in total. The lowest BCUT2D eigenvalue weighted by molar-refractivity contribution is 0.661. The Morgan fingerprint density at radius 1 is 0.283 bits per heavy atom. The molecule has 0 heterocycles. The van der Waals surface area contributed by atoms with Gasteiger partial charge in [-0.15, -0.1) is 0 Å². The number of fused-ring (bicyclic) bond motifs is 9. The van der Waals surface area contributed by atoms with E-state index in [0.29, 0.717) is 0 Å². The topological polar surface area (TPSA) is 0 Å². The molecule has 53 heavy (non-hydrogen) atoms. The smallest absolute Gasteiger partial charge is 0.0159 e. The van der Waals surface area contributed by atoms with Crippen molar-refractivity contribution in [1.29, 1.82) is 0 Å². The quantitative estimate of drug-likeness (QED) is 0.129. The molecule has 1 aliphatic rings. The molecule has 0 aliphatic heterocycles. The molecule has 0 bridgehead atoms. The third-order valence-corrected chi connectivity index (χ3v) is 12.0. The van der Waals surface area contributed by atoms with Gasteiger partial charge in [-0.25, -0.2) is 0 Å². The Balaban J connectivity index is 1.08. The highest BCUT2D eigenvalue weighted by molar-refractivity contribution is 6.22. The predicted octanol–water partition coefficient (Wildman–Crippen LogP) is 14.8. The zero-order valence-electron chi connectivity index (χ0n) is 29.8. The molecule has 10 aromatic carbocycles. The molecule has 0 atom stereocenters. The highest BCUT2D eigenvalue weighted by atomic mass is 14.4. The molecule has 0 unspecified atom stereocenters. The van der Waals surface area contributed by atoms with E-state index >= 15 is 0 Å². The third kappa shape index (κ3) is 4.42. The normalized spacial score (nSPS) is 13.2. The van der Waals surface area contributed by atoms with Crippen LogP contribution in [-0.2, 0) is 5.41 Å². The first-order chi connectivity index (χ1) is 26.0. The molecule has 0 fully saturated rings. The van der Waals surface area contributed by atoms with Crippen molar-refractivity contribution >= 4 is 53.9 Å². The van der Waals surface area contributed by atoms with E-state index < -0.39 is 0 Å². The van der Waals surface area contributed by atoms with Gasteiger partial charge in [-0.1, -0.05) is 178 Å². The monoisotopic (exact) mass is 672 g/mol. The second kappa shape index (κ2) is 11.2. The van der Waals surface area contributed by atoms with Gasteiger partial charge in [0, 0.05) is 5.41 Å². The molecule has 0 saturated carbocycles. The van der Waals surface area contributed by atoms with Crippen LogP contribution in [0.3, 0.4) is 0 Å². The Labute approximate surface area is 309 Å². The summed E-state index contributed by atoms with van der Waals surface area (Å²) in [6, 6.07) is 67.9. The lowest BCUT2D eigenvalue weighted by Crippen LogP contribution is -2.15. The van der Waals surface area contributed by atoms with Gasteiger partial charge in [0.2, 0.25) is 0 Å². The van der Waals surface area contributed by atoms with Crippen LogP contribution in [0.5, 0.6) is 0 Å². The number of hydrogen-bond donors (Lipinski definition) is 0. The van der Waals surface area contributed by atoms with E-state index in [1.165, 1.54) is 109 Å². The first-order valence-electron chi connectivity index (χ1n) is 18.7. The van der Waals surface area contributed by atoms with Gasteiger partial charge in [0.15, 0.2) is 0 Å². The van der Waals surface area contributed by atoms with Crippen LogP contribution in [0.2, 0.25) is 0 Å². The van der Waals surface area contributed by atoms with Crippen molar-refractivity contribution in [3.63, 3.8) is 0 Å². The lowest BCUT2D eigenvalue weighted by atomic mass is 9.79. The summed E-state index contributed by atoms with van der Waals surface area (Å²) in [6.07, 6.45) is 0. The molecule has 11 rings (SSSR count). The van der Waals surface area contributed by atoms with Crippen LogP contribution in [0.15, 0.2) is 182 Å². The minimum absolute atomic E-state index is 0.162. The summed E-state index contributed by atoms with van der Waals surface area (Å²) >= 11 is 0. The van der Waals surface area contributed by atoms with Gasteiger partial charge in [0.05, 0.1) is 0 Å². The maximum absolute atomic E-state index is 2.49. The summed E-state index contributed by atoms with van der Waals surface area (Å²) in [5.74, 6) is 0. The third-order valence-electron chi connectivity index (χ3n) is 12.0. The average Bonchev–Trinajstić information content (AvgIpc) is 3.44. The fraction of sp³-hybridized carbons (Fsp3) is 0.0566. The second-order valence-corrected chi connectivity index (χ2v) is 15.2. The molecule has 10 aromatic rings. The molecule has 0 radical (unpaired) electrons. The lowest BCUT2D eigenvalue weighted by Gasteiger charge is -2.23. The van der Waals surface area contributed by atoms with Crippen molar-refractivity contribution < 1.29 is 0 Å². The van der Waals surface area contributed by atoms with Crippen LogP contribution >= 0.6 is 0 Å². The molecule has 0 heteroatoms. The average molecular weight is 673 g/mol. The van der Waals surface area contributed by atoms with E-state index in [9.17, 15) is 0 Å². The van der Waals surface area contributed by atoms with E-state index in [2.05, 4.69) is 196 Å². The van der Waals surface area contributed by atoms with Gasteiger partial charge >= 0.3 is 0 Å². The maximum atomic E-state index is 2.49. The summed E-state index contributed by atoms with van der Waals surface area (Å²) in [7, 11) is 0. The predicted molar refractivity (Wildman–Crippen MR) is 228 cm³/mol. The Morgan fingerprint density at radius 3 is 1.42 bits per heavy atom. The molecular weight excluding hydrogens is 637 g/mol. The van der Waals surface area contributed by atoms with E-state index in [1.54, 1.807) is 0 Å². The molecule has 0 spiro atoms. The van der Waals surface area contributed by atoms with Gasteiger partial charge in [0.1, 0.15) is 0 Å². The van der Waals surface area contributed by atoms with Gasteiger partial charge < -0.3 is 0 Å². The van der Waals surface area contributed by atoms with Crippen LogP contribution in [0.4, 0.5) is 0 Å².